The molecule has 0 spiro atoms. The maximum Gasteiger partial charge on any atom is 0.206 e. The minimum absolute atomic E-state index is 0.0307. The van der Waals surface area contributed by atoms with Crippen molar-refractivity contribution in [1.29, 1.82) is 0 Å². The van der Waals surface area contributed by atoms with Gasteiger partial charge in [0.15, 0.2) is 5.78 Å². The van der Waals surface area contributed by atoms with Crippen molar-refractivity contribution in [2.45, 2.75) is 32.0 Å². The topological polar surface area (TPSA) is 55.8 Å². The number of phenols is 1. The van der Waals surface area contributed by atoms with E-state index in [9.17, 15) is 9.90 Å². The average molecular weight is 284 g/mol. The Morgan fingerprint density at radius 3 is 2.81 bits per heavy atom. The van der Waals surface area contributed by atoms with Crippen molar-refractivity contribution in [2.24, 2.45) is 0 Å². The molecule has 0 unspecified atom stereocenters. The summed E-state index contributed by atoms with van der Waals surface area (Å²) in [5.74, 6) is 0.657. The molecule has 2 aliphatic rings. The zero-order chi connectivity index (χ0) is 14.6. The second kappa shape index (κ2) is 4.46. The molecule has 1 saturated heterocycles. The Balaban J connectivity index is 2.08. The van der Waals surface area contributed by atoms with Gasteiger partial charge in [-0.15, -0.1) is 0 Å². The molecule has 0 amide bonds. The van der Waals surface area contributed by atoms with Gasteiger partial charge in [0.2, 0.25) is 6.29 Å². The van der Waals surface area contributed by atoms with Crippen LogP contribution in [0.4, 0.5) is 0 Å². The highest BCUT2D eigenvalue weighted by molar-refractivity contribution is 6.08. The quantitative estimate of drug-likeness (QED) is 0.816. The largest absolute Gasteiger partial charge is 0.507 e. The number of aromatic hydroxyl groups is 1. The molecule has 2 aromatic carbocycles. The number of ketones is 1. The van der Waals surface area contributed by atoms with Crippen LogP contribution in [0.1, 0.15) is 41.6 Å². The molecular weight excluding hydrogens is 268 g/mol. The van der Waals surface area contributed by atoms with E-state index in [2.05, 4.69) is 0 Å². The number of rotatable bonds is 1. The Bertz CT molecular complexity index is 750. The summed E-state index contributed by atoms with van der Waals surface area (Å²) in [6.07, 6.45) is 1.52. The Morgan fingerprint density at radius 1 is 1.29 bits per heavy atom. The molecule has 1 N–H and O–H groups in total. The summed E-state index contributed by atoms with van der Waals surface area (Å²) in [6.45, 7) is 2.16. The Kier molecular flexibility index (Phi) is 2.69. The van der Waals surface area contributed by atoms with E-state index in [-0.39, 0.29) is 23.7 Å². The van der Waals surface area contributed by atoms with E-state index in [1.54, 1.807) is 0 Å². The van der Waals surface area contributed by atoms with Crippen LogP contribution < -0.4 is 4.74 Å². The number of carbonyl (C=O) groups is 1. The van der Waals surface area contributed by atoms with Gasteiger partial charge in [0.25, 0.3) is 0 Å². The summed E-state index contributed by atoms with van der Waals surface area (Å²) in [6, 6.07) is 7.47. The molecule has 0 aliphatic carbocycles. The number of phenolic OH excluding ortho intramolecular Hbond substituents is 1. The summed E-state index contributed by atoms with van der Waals surface area (Å²) < 4.78 is 11.7. The molecule has 2 aromatic rings. The number of benzene rings is 2. The van der Waals surface area contributed by atoms with Gasteiger partial charge in [-0.25, -0.2) is 0 Å². The van der Waals surface area contributed by atoms with E-state index < -0.39 is 0 Å². The second-order valence-corrected chi connectivity index (χ2v) is 5.67. The molecule has 4 rings (SSSR count). The minimum atomic E-state index is -0.336. The molecule has 4 nitrogen and oxygen atoms in total. The lowest BCUT2D eigenvalue weighted by Gasteiger charge is -2.24. The normalized spacial score (nSPS) is 23.5. The summed E-state index contributed by atoms with van der Waals surface area (Å²) >= 11 is 0. The Labute approximate surface area is 122 Å². The van der Waals surface area contributed by atoms with E-state index >= 15 is 0 Å². The van der Waals surface area contributed by atoms with Gasteiger partial charge < -0.3 is 14.6 Å². The zero-order valence-corrected chi connectivity index (χ0v) is 11.8. The maximum absolute atomic E-state index is 12.1. The standard InChI is InChI=1S/C17H16O4/c1-9(18)13-14-12-7-4-8-20-17(12)21-16(14)11-6-3-2-5-10(11)15(13)19/h2-3,5-6,12,17,19H,4,7-8H2,1H3/t12-,17+/m0/s1. The van der Waals surface area contributed by atoms with Gasteiger partial charge >= 0.3 is 0 Å². The van der Waals surface area contributed by atoms with Crippen molar-refractivity contribution in [3.8, 4) is 11.5 Å². The van der Waals surface area contributed by atoms with Crippen molar-refractivity contribution < 1.29 is 19.4 Å². The highest BCUT2D eigenvalue weighted by atomic mass is 16.7. The molecule has 2 heterocycles. The van der Waals surface area contributed by atoms with Gasteiger partial charge in [-0.3, -0.25) is 4.79 Å². The van der Waals surface area contributed by atoms with Crippen molar-refractivity contribution in [3.05, 3.63) is 35.4 Å². The first-order valence-corrected chi connectivity index (χ1v) is 7.25. The first-order chi connectivity index (χ1) is 10.2. The van der Waals surface area contributed by atoms with Crippen molar-refractivity contribution in [3.63, 3.8) is 0 Å². The third-order valence-electron chi connectivity index (χ3n) is 4.40. The highest BCUT2D eigenvalue weighted by Crippen LogP contribution is 2.51. The summed E-state index contributed by atoms with van der Waals surface area (Å²) in [7, 11) is 0. The molecule has 0 radical (unpaired) electrons. The molecule has 0 bridgehead atoms. The van der Waals surface area contributed by atoms with E-state index in [0.717, 1.165) is 23.8 Å². The molecule has 21 heavy (non-hydrogen) atoms. The minimum Gasteiger partial charge on any atom is -0.507 e. The van der Waals surface area contributed by atoms with Crippen LogP contribution in [0.15, 0.2) is 24.3 Å². The molecular formula is C17H16O4. The van der Waals surface area contributed by atoms with Crippen LogP contribution in [0.2, 0.25) is 0 Å². The van der Waals surface area contributed by atoms with Crippen LogP contribution in [0, 0.1) is 0 Å². The SMILES string of the molecule is CC(=O)c1c2c(c3ccccc3c1O)O[C@H]1OCCC[C@@H]21. The Morgan fingerprint density at radius 2 is 2.05 bits per heavy atom. The monoisotopic (exact) mass is 284 g/mol. The fourth-order valence-corrected chi connectivity index (χ4v) is 3.51. The molecule has 2 aliphatic heterocycles. The molecule has 1 fully saturated rings. The lowest BCUT2D eigenvalue weighted by atomic mass is 9.86. The summed E-state index contributed by atoms with van der Waals surface area (Å²) in [4.78, 5) is 12.1. The van der Waals surface area contributed by atoms with Gasteiger partial charge in [-0.1, -0.05) is 24.3 Å². The number of Topliss-reactive ketones (excluding diaryl/α,β-unsaturated/α-hetero) is 1. The van der Waals surface area contributed by atoms with Crippen LogP contribution >= 0.6 is 0 Å². The summed E-state index contributed by atoms with van der Waals surface area (Å²) in [5, 5.41) is 12.1. The van der Waals surface area contributed by atoms with Gasteiger partial charge in [0, 0.05) is 16.3 Å². The van der Waals surface area contributed by atoms with E-state index in [0.29, 0.717) is 23.3 Å². The number of hydrogen-bond acceptors (Lipinski definition) is 4. The second-order valence-electron chi connectivity index (χ2n) is 5.67. The van der Waals surface area contributed by atoms with Crippen LogP contribution in [0.3, 0.4) is 0 Å². The number of ether oxygens (including phenoxy) is 2. The molecule has 4 heteroatoms. The van der Waals surface area contributed by atoms with E-state index in [1.807, 2.05) is 24.3 Å². The molecule has 108 valence electrons. The first kappa shape index (κ1) is 12.7. The third-order valence-corrected chi connectivity index (χ3v) is 4.40. The fraction of sp³-hybridized carbons (Fsp3) is 0.353. The predicted molar refractivity (Wildman–Crippen MR) is 78.0 cm³/mol. The van der Waals surface area contributed by atoms with E-state index in [1.165, 1.54) is 6.92 Å². The zero-order valence-electron chi connectivity index (χ0n) is 11.8. The van der Waals surface area contributed by atoms with Gasteiger partial charge in [0.05, 0.1) is 18.1 Å². The van der Waals surface area contributed by atoms with Crippen molar-refractivity contribution in [2.75, 3.05) is 6.61 Å². The average Bonchev–Trinajstić information content (AvgIpc) is 2.87. The lowest BCUT2D eigenvalue weighted by molar-refractivity contribution is -0.104. The third kappa shape index (κ3) is 1.69. The smallest absolute Gasteiger partial charge is 0.206 e. The molecule has 0 saturated carbocycles. The van der Waals surface area contributed by atoms with Crippen LogP contribution in [-0.4, -0.2) is 23.8 Å². The Hall–Kier alpha value is -2.07. The van der Waals surface area contributed by atoms with Gasteiger partial charge in [-0.05, 0) is 19.8 Å². The number of fused-ring (bicyclic) bond motifs is 5. The molecule has 0 aromatic heterocycles. The van der Waals surface area contributed by atoms with Gasteiger partial charge in [0.1, 0.15) is 11.5 Å². The number of hydrogen-bond donors (Lipinski definition) is 1. The fourth-order valence-electron chi connectivity index (χ4n) is 3.51. The maximum atomic E-state index is 12.1. The first-order valence-electron chi connectivity index (χ1n) is 7.25. The summed E-state index contributed by atoms with van der Waals surface area (Å²) in [5.41, 5.74) is 1.21. The highest BCUT2D eigenvalue weighted by Gasteiger charge is 2.42. The van der Waals surface area contributed by atoms with Crippen molar-refractivity contribution in [1.82, 2.24) is 0 Å². The lowest BCUT2D eigenvalue weighted by Crippen LogP contribution is -2.28. The predicted octanol–water partition coefficient (Wildman–Crippen LogP) is 3.36. The van der Waals surface area contributed by atoms with Crippen LogP contribution in [-0.2, 0) is 4.74 Å². The molecule has 2 atom stereocenters. The van der Waals surface area contributed by atoms with Gasteiger partial charge in [-0.2, -0.15) is 0 Å². The number of carbonyl (C=O) groups excluding carboxylic acids is 1. The van der Waals surface area contributed by atoms with Crippen LogP contribution in [0.5, 0.6) is 11.5 Å². The van der Waals surface area contributed by atoms with Crippen LogP contribution in [0.25, 0.3) is 10.8 Å². The van der Waals surface area contributed by atoms with E-state index in [4.69, 9.17) is 9.47 Å². The van der Waals surface area contributed by atoms with Crippen molar-refractivity contribution >= 4 is 16.6 Å².